The lowest BCUT2D eigenvalue weighted by molar-refractivity contribution is -0.139. The van der Waals surface area contributed by atoms with E-state index in [-0.39, 0.29) is 24.9 Å². The van der Waals surface area contributed by atoms with Crippen LogP contribution in [0.3, 0.4) is 0 Å². The first kappa shape index (κ1) is 19.7. The quantitative estimate of drug-likeness (QED) is 0.783. The van der Waals surface area contributed by atoms with Gasteiger partial charge in [0, 0.05) is 25.7 Å². The Morgan fingerprint density at radius 2 is 1.92 bits per heavy atom. The van der Waals surface area contributed by atoms with Gasteiger partial charge in [-0.05, 0) is 37.5 Å². The van der Waals surface area contributed by atoms with E-state index in [1.807, 2.05) is 0 Å². The Labute approximate surface area is 146 Å². The van der Waals surface area contributed by atoms with Gasteiger partial charge >= 0.3 is 5.97 Å². The zero-order valence-electron chi connectivity index (χ0n) is 14.0. The Kier molecular flexibility index (Phi) is 6.47. The average Bonchev–Trinajstić information content (AvgIpc) is 2.57. The number of halogens is 2. The van der Waals surface area contributed by atoms with Crippen LogP contribution < -0.4 is 0 Å². The first-order valence-electron chi connectivity index (χ1n) is 8.10. The number of hydrogen-bond acceptors (Lipinski definition) is 4. The van der Waals surface area contributed by atoms with Crippen molar-refractivity contribution in [2.24, 2.45) is 0 Å². The zero-order chi connectivity index (χ0) is 18.6. The fraction of sp³-hybridized carbons (Fsp3) is 0.562. The number of benzene rings is 1. The van der Waals surface area contributed by atoms with Crippen LogP contribution in [0.15, 0.2) is 18.2 Å². The van der Waals surface area contributed by atoms with Crippen LogP contribution in [-0.4, -0.2) is 60.1 Å². The molecule has 1 aliphatic rings. The Bertz CT molecular complexity index is 719. The summed E-state index contributed by atoms with van der Waals surface area (Å²) in [5.74, 6) is -2.92. The summed E-state index contributed by atoms with van der Waals surface area (Å²) in [7, 11) is -3.26. The largest absolute Gasteiger partial charge is 0.480 e. The fourth-order valence-corrected chi connectivity index (χ4v) is 4.16. The van der Waals surface area contributed by atoms with E-state index < -0.39 is 27.6 Å². The molecule has 140 valence electrons. The van der Waals surface area contributed by atoms with Crippen LogP contribution in [-0.2, 0) is 21.4 Å². The Morgan fingerprint density at radius 3 is 2.44 bits per heavy atom. The third-order valence-corrected chi connectivity index (χ3v) is 6.29. The van der Waals surface area contributed by atoms with Crippen molar-refractivity contribution in [3.8, 4) is 0 Å². The minimum Gasteiger partial charge on any atom is -0.480 e. The number of rotatable bonds is 7. The predicted octanol–water partition coefficient (Wildman–Crippen LogP) is 1.67. The molecule has 1 heterocycles. The number of piperidine rings is 1. The SMILES string of the molecule is CCS(=O)(=O)N1CCC(N(CC(=O)O)Cc2ccc(F)c(F)c2)CC1. The summed E-state index contributed by atoms with van der Waals surface area (Å²) in [6, 6.07) is 3.36. The molecule has 0 unspecified atom stereocenters. The van der Waals surface area contributed by atoms with Gasteiger partial charge in [-0.15, -0.1) is 0 Å². The van der Waals surface area contributed by atoms with Crippen LogP contribution in [0.1, 0.15) is 25.3 Å². The lowest BCUT2D eigenvalue weighted by atomic mass is 10.0. The third-order valence-electron chi connectivity index (χ3n) is 4.41. The van der Waals surface area contributed by atoms with E-state index in [2.05, 4.69) is 0 Å². The molecule has 0 spiro atoms. The minimum absolute atomic E-state index is 0.0331. The molecule has 1 aromatic rings. The van der Waals surface area contributed by atoms with Crippen LogP contribution in [0.2, 0.25) is 0 Å². The molecule has 6 nitrogen and oxygen atoms in total. The highest BCUT2D eigenvalue weighted by atomic mass is 32.2. The van der Waals surface area contributed by atoms with Crippen molar-refractivity contribution in [3.63, 3.8) is 0 Å². The van der Waals surface area contributed by atoms with Crippen molar-refractivity contribution in [1.82, 2.24) is 9.21 Å². The van der Waals surface area contributed by atoms with Gasteiger partial charge in [0.25, 0.3) is 0 Å². The molecule has 0 saturated carbocycles. The Hall–Kier alpha value is -1.58. The number of carboxylic acids is 1. The van der Waals surface area contributed by atoms with Gasteiger partial charge in [-0.3, -0.25) is 9.69 Å². The van der Waals surface area contributed by atoms with Crippen LogP contribution in [0, 0.1) is 11.6 Å². The first-order chi connectivity index (χ1) is 11.7. The number of aliphatic carboxylic acids is 1. The summed E-state index contributed by atoms with van der Waals surface area (Å²) in [6.45, 7) is 2.16. The molecule has 1 aliphatic heterocycles. The van der Waals surface area contributed by atoms with E-state index in [4.69, 9.17) is 5.11 Å². The van der Waals surface area contributed by atoms with E-state index >= 15 is 0 Å². The number of carboxylic acid groups (broad SMARTS) is 1. The number of sulfonamides is 1. The summed E-state index contributed by atoms with van der Waals surface area (Å²) in [4.78, 5) is 12.8. The second-order valence-corrected chi connectivity index (χ2v) is 8.34. The first-order valence-corrected chi connectivity index (χ1v) is 9.71. The van der Waals surface area contributed by atoms with Gasteiger partial charge in [0.2, 0.25) is 10.0 Å². The zero-order valence-corrected chi connectivity index (χ0v) is 14.8. The molecule has 1 saturated heterocycles. The molecule has 0 amide bonds. The van der Waals surface area contributed by atoms with Gasteiger partial charge in [-0.1, -0.05) is 6.07 Å². The maximum absolute atomic E-state index is 13.4. The Morgan fingerprint density at radius 1 is 1.28 bits per heavy atom. The van der Waals surface area contributed by atoms with Gasteiger partial charge in [0.1, 0.15) is 0 Å². The maximum atomic E-state index is 13.4. The molecular weight excluding hydrogens is 354 g/mol. The van der Waals surface area contributed by atoms with Crippen molar-refractivity contribution in [1.29, 1.82) is 0 Å². The second-order valence-electron chi connectivity index (χ2n) is 6.08. The van der Waals surface area contributed by atoms with Crippen molar-refractivity contribution < 1.29 is 27.1 Å². The summed E-state index contributed by atoms with van der Waals surface area (Å²) in [5, 5.41) is 9.13. The van der Waals surface area contributed by atoms with E-state index in [1.54, 1.807) is 11.8 Å². The predicted molar refractivity (Wildman–Crippen MR) is 88.5 cm³/mol. The van der Waals surface area contributed by atoms with E-state index in [0.717, 1.165) is 12.1 Å². The van der Waals surface area contributed by atoms with Crippen LogP contribution >= 0.6 is 0 Å². The Balaban J connectivity index is 2.08. The monoisotopic (exact) mass is 376 g/mol. The second kappa shape index (κ2) is 8.20. The van der Waals surface area contributed by atoms with Crippen LogP contribution in [0.4, 0.5) is 8.78 Å². The minimum atomic E-state index is -3.26. The van der Waals surface area contributed by atoms with Crippen molar-refractivity contribution in [2.75, 3.05) is 25.4 Å². The highest BCUT2D eigenvalue weighted by molar-refractivity contribution is 7.89. The van der Waals surface area contributed by atoms with Gasteiger partial charge in [-0.25, -0.2) is 21.5 Å². The molecule has 1 N–H and O–H groups in total. The summed E-state index contributed by atoms with van der Waals surface area (Å²) >= 11 is 0. The molecule has 0 atom stereocenters. The maximum Gasteiger partial charge on any atom is 0.317 e. The van der Waals surface area contributed by atoms with Crippen molar-refractivity contribution in [3.05, 3.63) is 35.4 Å². The van der Waals surface area contributed by atoms with Gasteiger partial charge in [0.15, 0.2) is 11.6 Å². The summed E-state index contributed by atoms with van der Waals surface area (Å²) < 4.78 is 51.7. The lowest BCUT2D eigenvalue weighted by Gasteiger charge is -2.37. The highest BCUT2D eigenvalue weighted by Gasteiger charge is 2.30. The van der Waals surface area contributed by atoms with E-state index in [1.165, 1.54) is 10.4 Å². The molecule has 1 aromatic carbocycles. The van der Waals surface area contributed by atoms with Gasteiger partial charge in [0.05, 0.1) is 12.3 Å². The van der Waals surface area contributed by atoms with Crippen LogP contribution in [0.25, 0.3) is 0 Å². The van der Waals surface area contributed by atoms with Gasteiger partial charge < -0.3 is 5.11 Å². The van der Waals surface area contributed by atoms with Crippen molar-refractivity contribution >= 4 is 16.0 Å². The highest BCUT2D eigenvalue weighted by Crippen LogP contribution is 2.21. The summed E-state index contributed by atoms with van der Waals surface area (Å²) in [5.41, 5.74) is 0.476. The molecule has 0 aromatic heterocycles. The number of carbonyl (C=O) groups is 1. The molecular formula is C16H22F2N2O4S. The molecule has 9 heteroatoms. The smallest absolute Gasteiger partial charge is 0.317 e. The molecule has 0 aliphatic carbocycles. The van der Waals surface area contributed by atoms with E-state index in [9.17, 15) is 22.0 Å². The van der Waals surface area contributed by atoms with Gasteiger partial charge in [-0.2, -0.15) is 0 Å². The van der Waals surface area contributed by atoms with Crippen molar-refractivity contribution in [2.45, 2.75) is 32.4 Å². The third kappa shape index (κ3) is 5.20. The number of hydrogen-bond donors (Lipinski definition) is 1. The molecule has 0 radical (unpaired) electrons. The molecule has 2 rings (SSSR count). The molecule has 25 heavy (non-hydrogen) atoms. The number of nitrogens with zero attached hydrogens (tertiary/aromatic N) is 2. The molecule has 1 fully saturated rings. The lowest BCUT2D eigenvalue weighted by Crippen LogP contribution is -2.48. The van der Waals surface area contributed by atoms with Crippen LogP contribution in [0.5, 0.6) is 0 Å². The van der Waals surface area contributed by atoms with E-state index in [0.29, 0.717) is 31.5 Å². The normalized spacial score (nSPS) is 17.1. The fourth-order valence-electron chi connectivity index (χ4n) is 3.03. The topological polar surface area (TPSA) is 77.9 Å². The summed E-state index contributed by atoms with van der Waals surface area (Å²) in [6.07, 6.45) is 0.992. The standard InChI is InChI=1S/C16H22F2N2O4S/c1-2-25(23,24)20-7-5-13(6-8-20)19(11-16(21)22)10-12-3-4-14(17)15(18)9-12/h3-4,9,13H,2,5-8,10-11H2,1H3,(H,21,22). The molecule has 0 bridgehead atoms. The average molecular weight is 376 g/mol.